The number of carbonyl (C=O) groups is 5. The fraction of sp³-hybridized carbons (Fsp3) is 0.594. The molecular weight excluding hydrogens is 578 g/mol. The number of para-hydroxylation sites is 1. The lowest BCUT2D eigenvalue weighted by molar-refractivity contribution is -0.141. The second-order valence-corrected chi connectivity index (χ2v) is 12.5. The maximum absolute atomic E-state index is 13.8. The zero-order valence-electron chi connectivity index (χ0n) is 27.0. The molecule has 1 aromatic heterocycles. The molecule has 4 amide bonds. The van der Waals surface area contributed by atoms with Crippen LogP contribution < -0.4 is 32.7 Å². The monoisotopic (exact) mass is 629 g/mol. The summed E-state index contributed by atoms with van der Waals surface area (Å²) in [4.78, 5) is 68.0. The van der Waals surface area contributed by atoms with Gasteiger partial charge in [-0.15, -0.1) is 0 Å². The number of nitrogens with two attached hydrogens (primary N) is 2. The smallest absolute Gasteiger partial charge is 0.325 e. The van der Waals surface area contributed by atoms with E-state index in [1.165, 1.54) is 6.92 Å². The maximum Gasteiger partial charge on any atom is 0.325 e. The minimum absolute atomic E-state index is 0.0371. The van der Waals surface area contributed by atoms with Crippen molar-refractivity contribution in [2.45, 2.75) is 103 Å². The lowest BCUT2D eigenvalue weighted by atomic mass is 9.99. The van der Waals surface area contributed by atoms with E-state index < -0.39 is 59.8 Å². The largest absolute Gasteiger partial charge is 0.480 e. The molecule has 2 aromatic rings. The summed E-state index contributed by atoms with van der Waals surface area (Å²) in [6.45, 7) is 9.45. The topological polar surface area (TPSA) is 222 Å². The predicted molar refractivity (Wildman–Crippen MR) is 173 cm³/mol. The average Bonchev–Trinajstić information content (AvgIpc) is 3.37. The Morgan fingerprint density at radius 1 is 0.778 bits per heavy atom. The Morgan fingerprint density at radius 3 is 1.98 bits per heavy atom. The van der Waals surface area contributed by atoms with E-state index in [4.69, 9.17) is 11.5 Å². The molecule has 13 heteroatoms. The summed E-state index contributed by atoms with van der Waals surface area (Å²) in [7, 11) is 0. The summed E-state index contributed by atoms with van der Waals surface area (Å²) >= 11 is 0. The number of rotatable bonds is 19. The van der Waals surface area contributed by atoms with Gasteiger partial charge in [-0.1, -0.05) is 45.9 Å². The number of amides is 4. The van der Waals surface area contributed by atoms with E-state index in [9.17, 15) is 29.1 Å². The summed E-state index contributed by atoms with van der Waals surface area (Å²) in [5, 5.41) is 20.9. The summed E-state index contributed by atoms with van der Waals surface area (Å²) in [6, 6.07) is 2.42. The number of hydrogen-bond donors (Lipinski definition) is 8. The number of nitrogens with one attached hydrogen (secondary N) is 5. The third-order valence-electron chi connectivity index (χ3n) is 7.44. The van der Waals surface area contributed by atoms with Crippen molar-refractivity contribution in [3.05, 3.63) is 36.0 Å². The minimum atomic E-state index is -1.22. The number of H-pyrrole nitrogens is 1. The molecule has 0 saturated carbocycles. The normalized spacial score (nSPS) is 14.8. The van der Waals surface area contributed by atoms with Crippen LogP contribution in [0.5, 0.6) is 0 Å². The van der Waals surface area contributed by atoms with Crippen LogP contribution in [0.25, 0.3) is 10.9 Å². The number of hydrogen-bond acceptors (Lipinski definition) is 7. The Hall–Kier alpha value is -3.97. The molecule has 5 atom stereocenters. The van der Waals surface area contributed by atoms with Crippen LogP contribution in [0.1, 0.15) is 72.3 Å². The fourth-order valence-corrected chi connectivity index (χ4v) is 5.01. The van der Waals surface area contributed by atoms with E-state index >= 15 is 0 Å². The van der Waals surface area contributed by atoms with E-state index in [2.05, 4.69) is 26.3 Å². The van der Waals surface area contributed by atoms with Gasteiger partial charge in [-0.05, 0) is 69.0 Å². The van der Waals surface area contributed by atoms with Crippen molar-refractivity contribution in [3.63, 3.8) is 0 Å². The van der Waals surface area contributed by atoms with Crippen molar-refractivity contribution in [2.24, 2.45) is 23.3 Å². The molecule has 0 fully saturated rings. The first-order chi connectivity index (χ1) is 21.2. The van der Waals surface area contributed by atoms with Crippen LogP contribution in [-0.2, 0) is 30.4 Å². The lowest BCUT2D eigenvalue weighted by Gasteiger charge is -2.27. The minimum Gasteiger partial charge on any atom is -0.480 e. The molecule has 0 saturated heterocycles. The molecule has 2 rings (SSSR count). The first-order valence-corrected chi connectivity index (χ1v) is 15.7. The molecule has 0 aliphatic rings. The van der Waals surface area contributed by atoms with Crippen molar-refractivity contribution in [1.82, 2.24) is 26.3 Å². The Balaban J connectivity index is 2.37. The fourth-order valence-electron chi connectivity index (χ4n) is 5.01. The van der Waals surface area contributed by atoms with Crippen LogP contribution in [0.15, 0.2) is 30.5 Å². The first-order valence-electron chi connectivity index (χ1n) is 15.7. The number of carboxylic acid groups (broad SMARTS) is 1. The van der Waals surface area contributed by atoms with Gasteiger partial charge in [0.1, 0.15) is 24.2 Å². The van der Waals surface area contributed by atoms with E-state index in [1.807, 2.05) is 52.0 Å². The van der Waals surface area contributed by atoms with Crippen molar-refractivity contribution in [2.75, 3.05) is 6.54 Å². The number of benzene rings is 1. The number of carboxylic acids is 1. The van der Waals surface area contributed by atoms with Gasteiger partial charge in [-0.25, -0.2) is 0 Å². The van der Waals surface area contributed by atoms with Crippen molar-refractivity contribution in [1.29, 1.82) is 0 Å². The van der Waals surface area contributed by atoms with Crippen LogP contribution in [0.3, 0.4) is 0 Å². The van der Waals surface area contributed by atoms with Gasteiger partial charge < -0.3 is 42.8 Å². The van der Waals surface area contributed by atoms with Crippen LogP contribution in [0.2, 0.25) is 0 Å². The number of aliphatic carboxylic acids is 1. The lowest BCUT2D eigenvalue weighted by Crippen LogP contribution is -2.59. The Morgan fingerprint density at radius 2 is 1.36 bits per heavy atom. The summed E-state index contributed by atoms with van der Waals surface area (Å²) < 4.78 is 0. The zero-order valence-corrected chi connectivity index (χ0v) is 27.0. The van der Waals surface area contributed by atoms with E-state index in [0.717, 1.165) is 16.5 Å². The third kappa shape index (κ3) is 12.1. The highest BCUT2D eigenvalue weighted by molar-refractivity contribution is 5.96. The van der Waals surface area contributed by atoms with Gasteiger partial charge in [0.05, 0.1) is 6.04 Å². The summed E-state index contributed by atoms with van der Waals surface area (Å²) in [6.07, 6.45) is 3.92. The molecule has 0 spiro atoms. The van der Waals surface area contributed by atoms with Gasteiger partial charge in [0.2, 0.25) is 23.6 Å². The van der Waals surface area contributed by atoms with Gasteiger partial charge in [0.15, 0.2) is 0 Å². The van der Waals surface area contributed by atoms with Crippen molar-refractivity contribution in [3.8, 4) is 0 Å². The highest BCUT2D eigenvalue weighted by atomic mass is 16.4. The Labute approximate surface area is 265 Å². The summed E-state index contributed by atoms with van der Waals surface area (Å²) in [5.74, 6) is -3.29. The van der Waals surface area contributed by atoms with Crippen LogP contribution in [0, 0.1) is 11.8 Å². The maximum atomic E-state index is 13.8. The van der Waals surface area contributed by atoms with Gasteiger partial charge in [-0.3, -0.25) is 24.0 Å². The standard InChI is InChI=1S/C32H51N7O6/c1-18(2)14-23(34)28(40)38-26(15-19(3)4)30(42)39-27(16-21-17-35-24-11-7-6-10-22(21)24)31(43)37-25(12-8-9-13-33)29(41)36-20(5)32(44)45/h6-7,10-11,17-20,23,25-27,35H,8-9,12-16,33-34H2,1-5H3,(H,36,41)(H,37,43)(H,38,40)(H,39,42)(H,44,45)/t20-,23-,25-,26-,27-/m0/s1. The molecule has 10 N–H and O–H groups in total. The molecule has 0 aliphatic carbocycles. The van der Waals surface area contributed by atoms with Crippen LogP contribution in [0.4, 0.5) is 0 Å². The second kappa shape index (κ2) is 18.1. The van der Waals surface area contributed by atoms with Crippen LogP contribution >= 0.6 is 0 Å². The molecule has 13 nitrogen and oxygen atoms in total. The molecular formula is C32H51N7O6. The van der Waals surface area contributed by atoms with E-state index in [0.29, 0.717) is 32.2 Å². The molecule has 45 heavy (non-hydrogen) atoms. The number of carbonyl (C=O) groups excluding carboxylic acids is 4. The third-order valence-corrected chi connectivity index (χ3v) is 7.44. The highest BCUT2D eigenvalue weighted by Crippen LogP contribution is 2.20. The molecule has 0 bridgehead atoms. The van der Waals surface area contributed by atoms with Gasteiger partial charge >= 0.3 is 5.97 Å². The van der Waals surface area contributed by atoms with E-state index in [1.54, 1.807) is 6.20 Å². The molecule has 0 radical (unpaired) electrons. The molecule has 1 aromatic carbocycles. The zero-order chi connectivity index (χ0) is 33.7. The Kier molecular flexibility index (Phi) is 15.0. The molecule has 0 aliphatic heterocycles. The quantitative estimate of drug-likeness (QED) is 0.106. The number of aromatic nitrogens is 1. The number of unbranched alkanes of at least 4 members (excludes halogenated alkanes) is 1. The number of fused-ring (bicyclic) bond motifs is 1. The SMILES string of the molecule is CC(C)C[C@H](NC(=O)[C@@H](N)CC(C)C)C(=O)N[C@@H](Cc1c[nH]c2ccccc12)C(=O)N[C@@H](CCCCN)C(=O)N[C@@H](C)C(=O)O. The molecule has 1 heterocycles. The van der Waals surface area contributed by atoms with Crippen molar-refractivity contribution >= 4 is 40.5 Å². The summed E-state index contributed by atoms with van der Waals surface area (Å²) in [5.41, 5.74) is 13.3. The molecule has 250 valence electrons. The highest BCUT2D eigenvalue weighted by Gasteiger charge is 2.32. The van der Waals surface area contributed by atoms with E-state index in [-0.39, 0.29) is 24.7 Å². The predicted octanol–water partition coefficient (Wildman–Crippen LogP) is 1.30. The average molecular weight is 630 g/mol. The first kappa shape index (κ1) is 37.2. The van der Waals surface area contributed by atoms with Gasteiger partial charge in [-0.2, -0.15) is 0 Å². The van der Waals surface area contributed by atoms with Gasteiger partial charge in [0, 0.05) is 23.5 Å². The Bertz CT molecular complexity index is 1290. The number of aromatic amines is 1. The molecule has 0 unspecified atom stereocenters. The van der Waals surface area contributed by atoms with Crippen LogP contribution in [-0.4, -0.2) is 76.4 Å². The van der Waals surface area contributed by atoms with Gasteiger partial charge in [0.25, 0.3) is 0 Å². The second-order valence-electron chi connectivity index (χ2n) is 12.5. The van der Waals surface area contributed by atoms with Crippen molar-refractivity contribution < 1.29 is 29.1 Å².